The van der Waals surface area contributed by atoms with Crippen molar-refractivity contribution in [2.24, 2.45) is 0 Å². The number of piperidine rings is 1. The van der Waals surface area contributed by atoms with E-state index in [1.165, 1.54) is 13.0 Å². The lowest BCUT2D eigenvalue weighted by Crippen LogP contribution is -2.44. The fraction of sp³-hybridized carbons (Fsp3) is 0.500. The molecule has 0 saturated carbocycles. The van der Waals surface area contributed by atoms with Gasteiger partial charge in [-0.05, 0) is 18.9 Å². The van der Waals surface area contributed by atoms with Crippen molar-refractivity contribution in [2.75, 3.05) is 30.4 Å². The molecule has 1 aliphatic heterocycles. The Kier molecular flexibility index (Phi) is 4.62. The van der Waals surface area contributed by atoms with Crippen LogP contribution in [0.2, 0.25) is 0 Å². The monoisotopic (exact) mass is 292 g/mol. The van der Waals surface area contributed by atoms with Crippen LogP contribution in [0.15, 0.2) is 18.2 Å². The Morgan fingerprint density at radius 1 is 1.33 bits per heavy atom. The van der Waals surface area contributed by atoms with Gasteiger partial charge in [0.2, 0.25) is 5.91 Å². The Morgan fingerprint density at radius 3 is 2.52 bits per heavy atom. The first-order valence-electron chi connectivity index (χ1n) is 6.99. The highest BCUT2D eigenvalue weighted by molar-refractivity contribution is 5.73. The van der Waals surface area contributed by atoms with E-state index in [-0.39, 0.29) is 22.6 Å². The largest absolute Gasteiger partial charge is 0.388 e. The van der Waals surface area contributed by atoms with Crippen LogP contribution in [0.3, 0.4) is 0 Å². The number of anilines is 2. The molecule has 0 aromatic heterocycles. The molecule has 7 nitrogen and oxygen atoms in total. The Morgan fingerprint density at radius 2 is 2.00 bits per heavy atom. The van der Waals surface area contributed by atoms with Gasteiger partial charge in [-0.2, -0.15) is 0 Å². The summed E-state index contributed by atoms with van der Waals surface area (Å²) in [7, 11) is 1.74. The van der Waals surface area contributed by atoms with Crippen molar-refractivity contribution in [3.8, 4) is 0 Å². The first-order chi connectivity index (χ1) is 9.99. The van der Waals surface area contributed by atoms with Crippen LogP contribution in [-0.2, 0) is 4.79 Å². The normalized spacial score (nSPS) is 15.6. The van der Waals surface area contributed by atoms with Gasteiger partial charge in [-0.1, -0.05) is 0 Å². The van der Waals surface area contributed by atoms with E-state index in [1.807, 2.05) is 6.07 Å². The molecule has 114 valence electrons. The van der Waals surface area contributed by atoms with Gasteiger partial charge in [0.05, 0.1) is 4.92 Å². The zero-order valence-electron chi connectivity index (χ0n) is 12.3. The Bertz CT molecular complexity index is 539. The maximum atomic E-state index is 11.1. The molecule has 0 unspecified atom stereocenters. The number of nitro benzene ring substituents is 1. The van der Waals surface area contributed by atoms with Crippen molar-refractivity contribution in [3.63, 3.8) is 0 Å². The van der Waals surface area contributed by atoms with Crippen LogP contribution >= 0.6 is 0 Å². The van der Waals surface area contributed by atoms with E-state index in [2.05, 4.69) is 15.5 Å². The topological polar surface area (TPSA) is 87.5 Å². The second-order valence-corrected chi connectivity index (χ2v) is 5.21. The number of carbonyl (C=O) groups excluding carboxylic acids is 1. The van der Waals surface area contributed by atoms with Gasteiger partial charge in [0.15, 0.2) is 0 Å². The fourth-order valence-corrected chi connectivity index (χ4v) is 2.60. The molecule has 2 N–H and O–H groups in total. The van der Waals surface area contributed by atoms with Crippen LogP contribution in [0.1, 0.15) is 19.8 Å². The summed E-state index contributed by atoms with van der Waals surface area (Å²) in [6.07, 6.45) is 1.69. The average Bonchev–Trinajstić information content (AvgIpc) is 2.46. The summed E-state index contributed by atoms with van der Waals surface area (Å²) in [5.74, 6) is -0.0127. The third-order valence-corrected chi connectivity index (χ3v) is 3.67. The Labute approximate surface area is 123 Å². The van der Waals surface area contributed by atoms with E-state index in [1.54, 1.807) is 13.1 Å². The highest BCUT2D eigenvalue weighted by atomic mass is 16.6. The predicted molar refractivity (Wildman–Crippen MR) is 81.7 cm³/mol. The number of benzene rings is 1. The number of nitrogens with one attached hydrogen (secondary N) is 2. The molecule has 1 aliphatic rings. The number of nitro groups is 1. The average molecular weight is 292 g/mol. The van der Waals surface area contributed by atoms with Crippen molar-refractivity contribution in [3.05, 3.63) is 28.3 Å². The molecular formula is C14H20N4O3. The van der Waals surface area contributed by atoms with Crippen LogP contribution < -0.4 is 15.5 Å². The molecule has 0 aliphatic carbocycles. The summed E-state index contributed by atoms with van der Waals surface area (Å²) >= 11 is 0. The van der Waals surface area contributed by atoms with Crippen molar-refractivity contribution in [1.82, 2.24) is 5.32 Å². The van der Waals surface area contributed by atoms with Crippen LogP contribution in [0, 0.1) is 10.1 Å². The van der Waals surface area contributed by atoms with Gasteiger partial charge in [0.25, 0.3) is 5.69 Å². The van der Waals surface area contributed by atoms with Crippen LogP contribution in [0.25, 0.3) is 0 Å². The predicted octanol–water partition coefficient (Wildman–Crippen LogP) is 1.74. The summed E-state index contributed by atoms with van der Waals surface area (Å²) in [6.45, 7) is 3.07. The maximum absolute atomic E-state index is 11.1. The SMILES string of the molecule is CNc1cc(N2CCC(NC(C)=O)CC2)cc([N+](=O)[O-])c1. The number of hydrogen-bond donors (Lipinski definition) is 2. The number of nitrogens with zero attached hydrogens (tertiary/aromatic N) is 2. The molecular weight excluding hydrogens is 272 g/mol. The minimum absolute atomic E-state index is 0.0127. The Hall–Kier alpha value is -2.31. The van der Waals surface area contributed by atoms with E-state index in [0.717, 1.165) is 37.3 Å². The summed E-state index contributed by atoms with van der Waals surface area (Å²) < 4.78 is 0. The molecule has 1 aromatic carbocycles. The van der Waals surface area contributed by atoms with Crippen molar-refractivity contribution >= 4 is 23.0 Å². The van der Waals surface area contributed by atoms with Gasteiger partial charge in [0.1, 0.15) is 0 Å². The number of amides is 1. The third kappa shape index (κ3) is 3.84. The van der Waals surface area contributed by atoms with E-state index in [9.17, 15) is 14.9 Å². The van der Waals surface area contributed by atoms with Crippen LogP contribution in [0.4, 0.5) is 17.1 Å². The standard InChI is InChI=1S/C14H20N4O3/c1-10(19)16-11-3-5-17(6-4-11)13-7-12(15-2)8-14(9-13)18(20)21/h7-9,11,15H,3-6H2,1-2H3,(H,16,19). The van der Waals surface area contributed by atoms with Crippen molar-refractivity contribution in [2.45, 2.75) is 25.8 Å². The first-order valence-corrected chi connectivity index (χ1v) is 6.99. The minimum Gasteiger partial charge on any atom is -0.388 e. The van der Waals surface area contributed by atoms with Gasteiger partial charge in [-0.15, -0.1) is 0 Å². The van der Waals surface area contributed by atoms with Gasteiger partial charge in [-0.25, -0.2) is 0 Å². The molecule has 0 atom stereocenters. The van der Waals surface area contributed by atoms with E-state index < -0.39 is 0 Å². The molecule has 0 radical (unpaired) electrons. The van der Waals surface area contributed by atoms with Crippen LogP contribution in [0.5, 0.6) is 0 Å². The van der Waals surface area contributed by atoms with Crippen LogP contribution in [-0.4, -0.2) is 37.0 Å². The van der Waals surface area contributed by atoms with Crippen molar-refractivity contribution in [1.29, 1.82) is 0 Å². The smallest absolute Gasteiger partial charge is 0.273 e. The second-order valence-electron chi connectivity index (χ2n) is 5.21. The number of carbonyl (C=O) groups is 1. The summed E-state index contributed by atoms with van der Waals surface area (Å²) in [5, 5.41) is 16.9. The molecule has 7 heteroatoms. The molecule has 1 heterocycles. The maximum Gasteiger partial charge on any atom is 0.273 e. The van der Waals surface area contributed by atoms with Gasteiger partial charge in [0, 0.05) is 56.6 Å². The molecule has 1 fully saturated rings. The lowest BCUT2D eigenvalue weighted by molar-refractivity contribution is -0.384. The zero-order chi connectivity index (χ0) is 15.4. The van der Waals surface area contributed by atoms with E-state index >= 15 is 0 Å². The highest BCUT2D eigenvalue weighted by Crippen LogP contribution is 2.28. The molecule has 1 aromatic rings. The molecule has 0 spiro atoms. The first kappa shape index (κ1) is 15.1. The summed E-state index contributed by atoms with van der Waals surface area (Å²) in [5.41, 5.74) is 1.65. The number of hydrogen-bond acceptors (Lipinski definition) is 5. The number of non-ortho nitro benzene ring substituents is 1. The van der Waals surface area contributed by atoms with E-state index in [4.69, 9.17) is 0 Å². The lowest BCUT2D eigenvalue weighted by atomic mass is 10.0. The summed E-state index contributed by atoms with van der Waals surface area (Å²) in [6, 6.07) is 5.22. The Balaban J connectivity index is 2.10. The quantitative estimate of drug-likeness (QED) is 0.652. The van der Waals surface area contributed by atoms with Gasteiger partial charge < -0.3 is 15.5 Å². The molecule has 0 bridgehead atoms. The highest BCUT2D eigenvalue weighted by Gasteiger charge is 2.21. The minimum atomic E-state index is -0.381. The second kappa shape index (κ2) is 6.43. The van der Waals surface area contributed by atoms with E-state index in [0.29, 0.717) is 0 Å². The van der Waals surface area contributed by atoms with Crippen molar-refractivity contribution < 1.29 is 9.72 Å². The molecule has 1 saturated heterocycles. The fourth-order valence-electron chi connectivity index (χ4n) is 2.60. The zero-order valence-corrected chi connectivity index (χ0v) is 12.3. The number of rotatable bonds is 4. The molecule has 2 rings (SSSR count). The molecule has 21 heavy (non-hydrogen) atoms. The lowest BCUT2D eigenvalue weighted by Gasteiger charge is -2.33. The summed E-state index contributed by atoms with van der Waals surface area (Å²) in [4.78, 5) is 23.8. The molecule has 1 amide bonds. The van der Waals surface area contributed by atoms with Gasteiger partial charge in [-0.3, -0.25) is 14.9 Å². The third-order valence-electron chi connectivity index (χ3n) is 3.67. The van der Waals surface area contributed by atoms with Gasteiger partial charge >= 0.3 is 0 Å².